The number of carbonyl (C=O) groups excluding carboxylic acids is 1. The van der Waals surface area contributed by atoms with E-state index in [1.807, 2.05) is 65.9 Å². The lowest BCUT2D eigenvalue weighted by Crippen LogP contribution is -2.45. The molecule has 3 rings (SSSR count). The third-order valence-electron chi connectivity index (χ3n) is 4.45. The van der Waals surface area contributed by atoms with Gasteiger partial charge in [0.1, 0.15) is 5.54 Å². The van der Waals surface area contributed by atoms with Gasteiger partial charge >= 0.3 is 6.18 Å². The number of alkyl halides is 3. The summed E-state index contributed by atoms with van der Waals surface area (Å²) in [4.78, 5) is 12.3. The lowest BCUT2D eigenvalue weighted by Gasteiger charge is -2.34. The first-order valence-corrected chi connectivity index (χ1v) is 9.15. The summed E-state index contributed by atoms with van der Waals surface area (Å²) in [6, 6.07) is 9.57. The van der Waals surface area contributed by atoms with Crippen LogP contribution in [-0.4, -0.2) is 30.3 Å². The SMILES string of the molecule is CC1=CC(OCCC(F)(F)F)C=CC12NC(=O)C(I)=C2c1ccccc1. The van der Waals surface area contributed by atoms with Crippen LogP contribution in [0, 0.1) is 0 Å². The molecule has 26 heavy (non-hydrogen) atoms. The summed E-state index contributed by atoms with van der Waals surface area (Å²) in [5.74, 6) is -0.168. The van der Waals surface area contributed by atoms with Crippen molar-refractivity contribution in [1.29, 1.82) is 0 Å². The fourth-order valence-corrected chi connectivity index (χ4v) is 4.05. The molecule has 0 radical (unpaired) electrons. The van der Waals surface area contributed by atoms with Crippen molar-refractivity contribution in [1.82, 2.24) is 5.32 Å². The molecule has 1 aromatic rings. The second-order valence-corrected chi connectivity index (χ2v) is 7.31. The van der Waals surface area contributed by atoms with Crippen LogP contribution in [0.5, 0.6) is 0 Å². The number of hydrogen-bond acceptors (Lipinski definition) is 2. The topological polar surface area (TPSA) is 38.3 Å². The lowest BCUT2D eigenvalue weighted by molar-refractivity contribution is -0.146. The van der Waals surface area contributed by atoms with E-state index in [1.54, 1.807) is 12.2 Å². The minimum atomic E-state index is -4.24. The van der Waals surface area contributed by atoms with Gasteiger partial charge in [0.2, 0.25) is 0 Å². The Balaban J connectivity index is 1.86. The first-order valence-electron chi connectivity index (χ1n) is 8.08. The van der Waals surface area contributed by atoms with Crippen LogP contribution in [0.3, 0.4) is 0 Å². The molecule has 1 heterocycles. The van der Waals surface area contributed by atoms with E-state index < -0.39 is 30.8 Å². The van der Waals surface area contributed by atoms with Gasteiger partial charge in [0.05, 0.1) is 22.7 Å². The molecule has 1 amide bonds. The van der Waals surface area contributed by atoms with E-state index in [-0.39, 0.29) is 5.91 Å². The van der Waals surface area contributed by atoms with Crippen LogP contribution in [0.2, 0.25) is 0 Å². The third-order valence-corrected chi connectivity index (χ3v) is 5.48. The fraction of sp³-hybridized carbons (Fsp3) is 0.316. The summed E-state index contributed by atoms with van der Waals surface area (Å²) in [6.45, 7) is 1.45. The molecule has 2 atom stereocenters. The summed E-state index contributed by atoms with van der Waals surface area (Å²) < 4.78 is 42.8. The van der Waals surface area contributed by atoms with Gasteiger partial charge in [-0.2, -0.15) is 13.2 Å². The Bertz CT molecular complexity index is 799. The quantitative estimate of drug-likeness (QED) is 0.513. The minimum Gasteiger partial charge on any atom is -0.370 e. The Morgan fingerprint density at radius 1 is 1.27 bits per heavy atom. The molecule has 1 aliphatic heterocycles. The molecule has 1 aliphatic carbocycles. The van der Waals surface area contributed by atoms with Crippen molar-refractivity contribution in [3.05, 3.63) is 63.3 Å². The number of carbonyl (C=O) groups is 1. The maximum atomic E-state index is 12.3. The number of nitrogens with one attached hydrogen (secondary N) is 1. The van der Waals surface area contributed by atoms with E-state index in [2.05, 4.69) is 5.32 Å². The maximum Gasteiger partial charge on any atom is 0.391 e. The van der Waals surface area contributed by atoms with Crippen molar-refractivity contribution in [3.63, 3.8) is 0 Å². The zero-order valence-electron chi connectivity index (χ0n) is 13.9. The number of amides is 1. The van der Waals surface area contributed by atoms with Gasteiger partial charge in [-0.1, -0.05) is 48.6 Å². The van der Waals surface area contributed by atoms with Crippen LogP contribution in [0.1, 0.15) is 18.9 Å². The number of halogens is 4. The molecule has 0 bridgehead atoms. The van der Waals surface area contributed by atoms with Gasteiger partial charge in [0.15, 0.2) is 0 Å². The Kier molecular flexibility index (Phi) is 5.30. The Morgan fingerprint density at radius 2 is 1.96 bits per heavy atom. The van der Waals surface area contributed by atoms with E-state index in [9.17, 15) is 18.0 Å². The normalized spacial score (nSPS) is 25.7. The number of benzene rings is 1. The van der Waals surface area contributed by atoms with Crippen LogP contribution >= 0.6 is 22.6 Å². The third kappa shape index (κ3) is 3.73. The van der Waals surface area contributed by atoms with Gasteiger partial charge < -0.3 is 10.1 Å². The molecular weight excluding hydrogens is 458 g/mol. The molecule has 1 spiro atoms. The van der Waals surface area contributed by atoms with Crippen LogP contribution in [0.15, 0.2) is 57.7 Å². The largest absolute Gasteiger partial charge is 0.391 e. The highest BCUT2D eigenvalue weighted by atomic mass is 127. The molecule has 2 unspecified atom stereocenters. The predicted octanol–water partition coefficient (Wildman–Crippen LogP) is 4.56. The highest BCUT2D eigenvalue weighted by Crippen LogP contribution is 2.45. The fourth-order valence-electron chi connectivity index (χ4n) is 3.18. The smallest absolute Gasteiger partial charge is 0.370 e. The van der Waals surface area contributed by atoms with Crippen molar-refractivity contribution in [3.8, 4) is 0 Å². The van der Waals surface area contributed by atoms with E-state index in [0.717, 1.165) is 16.7 Å². The first-order chi connectivity index (χ1) is 12.2. The second kappa shape index (κ2) is 7.19. The number of rotatable bonds is 4. The van der Waals surface area contributed by atoms with Crippen molar-refractivity contribution < 1.29 is 22.7 Å². The van der Waals surface area contributed by atoms with E-state index in [1.165, 1.54) is 0 Å². The van der Waals surface area contributed by atoms with Crippen LogP contribution in [0.25, 0.3) is 5.57 Å². The lowest BCUT2D eigenvalue weighted by atomic mass is 9.78. The Hall–Kier alpha value is -1.61. The number of hydrogen-bond donors (Lipinski definition) is 1. The molecule has 0 fully saturated rings. The first kappa shape index (κ1) is 19.2. The van der Waals surface area contributed by atoms with Crippen molar-refractivity contribution in [2.24, 2.45) is 0 Å². The maximum absolute atomic E-state index is 12.3. The molecule has 2 aliphatic rings. The average molecular weight is 475 g/mol. The summed E-state index contributed by atoms with van der Waals surface area (Å²) in [6.07, 6.45) is -0.505. The van der Waals surface area contributed by atoms with E-state index >= 15 is 0 Å². The van der Waals surface area contributed by atoms with E-state index in [0.29, 0.717) is 3.58 Å². The molecular formula is C19H17F3INO2. The molecule has 1 aromatic carbocycles. The van der Waals surface area contributed by atoms with Crippen LogP contribution < -0.4 is 5.32 Å². The average Bonchev–Trinajstić information content (AvgIpc) is 2.82. The second-order valence-electron chi connectivity index (χ2n) is 6.23. The molecule has 0 saturated heterocycles. The van der Waals surface area contributed by atoms with Gasteiger partial charge in [0, 0.05) is 5.57 Å². The number of ether oxygens (including phenoxy) is 1. The summed E-state index contributed by atoms with van der Waals surface area (Å²) in [5.41, 5.74) is 1.79. The zero-order chi connectivity index (χ0) is 18.9. The Labute approximate surface area is 163 Å². The predicted molar refractivity (Wildman–Crippen MR) is 102 cm³/mol. The molecule has 0 saturated carbocycles. The van der Waals surface area contributed by atoms with Gasteiger partial charge in [0.25, 0.3) is 5.91 Å². The standard InChI is InChI=1S/C19H17F3INO2/c1-12-11-14(26-10-9-19(20,21)22)7-8-18(12)15(16(23)17(25)24-18)13-5-3-2-4-6-13/h2-8,11,14H,9-10H2,1H3,(H,24,25). The van der Waals surface area contributed by atoms with E-state index in [4.69, 9.17) is 4.74 Å². The van der Waals surface area contributed by atoms with Crippen molar-refractivity contribution in [2.75, 3.05) is 6.61 Å². The van der Waals surface area contributed by atoms with Crippen molar-refractivity contribution in [2.45, 2.75) is 31.2 Å². The van der Waals surface area contributed by atoms with Gasteiger partial charge in [-0.05, 0) is 40.7 Å². The molecule has 3 nitrogen and oxygen atoms in total. The molecule has 0 aromatic heterocycles. The molecule has 1 N–H and O–H groups in total. The van der Waals surface area contributed by atoms with Gasteiger partial charge in [-0.15, -0.1) is 0 Å². The zero-order valence-corrected chi connectivity index (χ0v) is 16.1. The van der Waals surface area contributed by atoms with Crippen LogP contribution in [0.4, 0.5) is 13.2 Å². The van der Waals surface area contributed by atoms with Gasteiger partial charge in [-0.3, -0.25) is 4.79 Å². The van der Waals surface area contributed by atoms with Crippen LogP contribution in [-0.2, 0) is 9.53 Å². The monoisotopic (exact) mass is 475 g/mol. The molecule has 138 valence electrons. The summed E-state index contributed by atoms with van der Waals surface area (Å²) >= 11 is 2.03. The summed E-state index contributed by atoms with van der Waals surface area (Å²) in [7, 11) is 0. The Morgan fingerprint density at radius 3 is 2.58 bits per heavy atom. The van der Waals surface area contributed by atoms with Crippen molar-refractivity contribution >= 4 is 34.1 Å². The highest BCUT2D eigenvalue weighted by molar-refractivity contribution is 14.1. The highest BCUT2D eigenvalue weighted by Gasteiger charge is 2.45. The summed E-state index contributed by atoms with van der Waals surface area (Å²) in [5, 5.41) is 3.01. The molecule has 7 heteroatoms. The van der Waals surface area contributed by atoms with Gasteiger partial charge in [-0.25, -0.2) is 0 Å². The minimum absolute atomic E-state index is 0.168.